The summed E-state index contributed by atoms with van der Waals surface area (Å²) in [5, 5.41) is 0. The first-order valence-corrected chi connectivity index (χ1v) is 6.17. The minimum atomic E-state index is -0.324. The number of allylic oxidation sites excluding steroid dienone is 10. The summed E-state index contributed by atoms with van der Waals surface area (Å²) in [5.41, 5.74) is 3.62. The van der Waals surface area contributed by atoms with Crippen LogP contribution >= 0.6 is 0 Å². The summed E-state index contributed by atoms with van der Waals surface area (Å²) in [6, 6.07) is 0. The van der Waals surface area contributed by atoms with Gasteiger partial charge in [0.25, 0.3) is 0 Å². The highest BCUT2D eigenvalue weighted by Gasteiger charge is 2.47. The molecule has 0 N–H and O–H groups in total. The highest BCUT2D eigenvalue weighted by molar-refractivity contribution is 6.52. The summed E-state index contributed by atoms with van der Waals surface area (Å²) in [6.07, 6.45) is 11.7. The van der Waals surface area contributed by atoms with Gasteiger partial charge < -0.3 is 0 Å². The normalized spacial score (nSPS) is 29.9. The van der Waals surface area contributed by atoms with E-state index < -0.39 is 0 Å². The van der Waals surface area contributed by atoms with Gasteiger partial charge in [0.2, 0.25) is 11.6 Å². The number of hydrogen-bond donors (Lipinski definition) is 0. The lowest BCUT2D eigenvalue weighted by molar-refractivity contribution is -0.130. The van der Waals surface area contributed by atoms with Crippen LogP contribution in [0.3, 0.4) is 0 Å². The predicted octanol–water partition coefficient (Wildman–Crippen LogP) is 2.70. The largest absolute Gasteiger partial charge is 0.285 e. The number of carbonyl (C=O) groups excluding carboxylic acids is 2. The van der Waals surface area contributed by atoms with Crippen LogP contribution in [0.4, 0.5) is 0 Å². The van der Waals surface area contributed by atoms with Gasteiger partial charge in [-0.25, -0.2) is 0 Å². The Morgan fingerprint density at radius 3 is 2.61 bits per heavy atom. The van der Waals surface area contributed by atoms with Gasteiger partial charge in [0.15, 0.2) is 0 Å². The van der Waals surface area contributed by atoms with Crippen molar-refractivity contribution in [2.24, 2.45) is 11.8 Å². The Hall–Kier alpha value is -1.96. The Bertz CT molecular complexity index is 609. The minimum Gasteiger partial charge on any atom is -0.285 e. The second-order valence-electron chi connectivity index (χ2n) is 4.91. The standard InChI is InChI=1S/C16H14O2/c1-3-5-10-9(2)8-13-14-11(10)6-4-7-12(14)15(17)16(13)18/h3-8,11,14H,1-2H3. The molecule has 0 spiro atoms. The first-order chi connectivity index (χ1) is 8.65. The zero-order valence-electron chi connectivity index (χ0n) is 10.4. The Labute approximate surface area is 106 Å². The van der Waals surface area contributed by atoms with E-state index in [1.54, 1.807) is 6.08 Å². The highest BCUT2D eigenvalue weighted by atomic mass is 16.2. The molecule has 0 radical (unpaired) electrons. The molecule has 2 unspecified atom stereocenters. The van der Waals surface area contributed by atoms with E-state index in [2.05, 4.69) is 12.2 Å². The van der Waals surface area contributed by atoms with Crippen LogP contribution in [0.15, 0.2) is 58.7 Å². The van der Waals surface area contributed by atoms with E-state index in [9.17, 15) is 9.59 Å². The molecule has 0 amide bonds. The third-order valence-corrected chi connectivity index (χ3v) is 3.89. The summed E-state index contributed by atoms with van der Waals surface area (Å²) >= 11 is 0. The molecule has 0 saturated heterocycles. The van der Waals surface area contributed by atoms with Crippen LogP contribution in [0.1, 0.15) is 13.8 Å². The molecule has 2 nitrogen and oxygen atoms in total. The van der Waals surface area contributed by atoms with Crippen molar-refractivity contribution < 1.29 is 9.59 Å². The maximum atomic E-state index is 12.0. The molecule has 1 fully saturated rings. The van der Waals surface area contributed by atoms with E-state index in [4.69, 9.17) is 0 Å². The van der Waals surface area contributed by atoms with Crippen LogP contribution in [0.25, 0.3) is 0 Å². The van der Waals surface area contributed by atoms with Crippen molar-refractivity contribution in [3.63, 3.8) is 0 Å². The number of hydrogen-bond acceptors (Lipinski definition) is 2. The molecule has 18 heavy (non-hydrogen) atoms. The van der Waals surface area contributed by atoms with E-state index in [0.717, 1.165) is 5.57 Å². The maximum absolute atomic E-state index is 12.0. The predicted molar refractivity (Wildman–Crippen MR) is 69.8 cm³/mol. The van der Waals surface area contributed by atoms with Crippen molar-refractivity contribution in [1.29, 1.82) is 0 Å². The molecule has 0 aromatic carbocycles. The van der Waals surface area contributed by atoms with Crippen molar-refractivity contribution in [2.75, 3.05) is 0 Å². The monoisotopic (exact) mass is 238 g/mol. The van der Waals surface area contributed by atoms with Gasteiger partial charge in [-0.15, -0.1) is 0 Å². The fourth-order valence-corrected chi connectivity index (χ4v) is 3.11. The van der Waals surface area contributed by atoms with Gasteiger partial charge in [-0.3, -0.25) is 9.59 Å². The van der Waals surface area contributed by atoms with Crippen LogP contribution in [-0.2, 0) is 9.59 Å². The van der Waals surface area contributed by atoms with Gasteiger partial charge in [0.05, 0.1) is 0 Å². The van der Waals surface area contributed by atoms with Gasteiger partial charge in [0.1, 0.15) is 0 Å². The zero-order valence-corrected chi connectivity index (χ0v) is 10.4. The summed E-state index contributed by atoms with van der Waals surface area (Å²) in [6.45, 7) is 3.98. The van der Waals surface area contributed by atoms with Gasteiger partial charge in [-0.1, -0.05) is 36.5 Å². The molecule has 0 heterocycles. The van der Waals surface area contributed by atoms with E-state index in [1.807, 2.05) is 32.1 Å². The molecular formula is C16H14O2. The number of rotatable bonds is 1. The number of Topliss-reactive ketones (excluding diaryl/α,β-unsaturated/α-hetero) is 2. The second kappa shape index (κ2) is 3.77. The lowest BCUT2D eigenvalue weighted by atomic mass is 9.72. The molecule has 3 rings (SSSR count). The Morgan fingerprint density at radius 1 is 1.17 bits per heavy atom. The first kappa shape index (κ1) is 11.1. The Kier molecular flexibility index (Phi) is 2.34. The molecule has 0 aromatic rings. The zero-order chi connectivity index (χ0) is 12.9. The lowest BCUT2D eigenvalue weighted by Crippen LogP contribution is -2.22. The van der Waals surface area contributed by atoms with Crippen molar-refractivity contribution in [3.05, 3.63) is 58.7 Å². The summed E-state index contributed by atoms with van der Waals surface area (Å²) < 4.78 is 0. The SMILES string of the molecule is CC=CC1=C(C)C=C2C(=O)C(=O)C3=CC=CC1C32. The molecule has 0 aliphatic heterocycles. The quantitative estimate of drug-likeness (QED) is 0.658. The van der Waals surface area contributed by atoms with Gasteiger partial charge >= 0.3 is 0 Å². The van der Waals surface area contributed by atoms with Crippen LogP contribution in [0, 0.1) is 11.8 Å². The average molecular weight is 238 g/mol. The van der Waals surface area contributed by atoms with E-state index in [-0.39, 0.29) is 23.4 Å². The van der Waals surface area contributed by atoms with E-state index in [1.165, 1.54) is 5.57 Å². The third kappa shape index (κ3) is 1.29. The minimum absolute atomic E-state index is 0.0510. The van der Waals surface area contributed by atoms with Gasteiger partial charge in [-0.05, 0) is 25.0 Å². The Balaban J connectivity index is 2.22. The molecule has 3 aliphatic rings. The first-order valence-electron chi connectivity index (χ1n) is 6.17. The van der Waals surface area contributed by atoms with Crippen LogP contribution < -0.4 is 0 Å². The maximum Gasteiger partial charge on any atom is 0.229 e. The molecule has 2 atom stereocenters. The third-order valence-electron chi connectivity index (χ3n) is 3.89. The van der Waals surface area contributed by atoms with Crippen LogP contribution in [0.5, 0.6) is 0 Å². The topological polar surface area (TPSA) is 34.1 Å². The van der Waals surface area contributed by atoms with Crippen molar-refractivity contribution in [1.82, 2.24) is 0 Å². The molecule has 1 saturated carbocycles. The number of ketones is 2. The highest BCUT2D eigenvalue weighted by Crippen LogP contribution is 2.46. The summed E-state index contributed by atoms with van der Waals surface area (Å²) in [7, 11) is 0. The van der Waals surface area contributed by atoms with Gasteiger partial charge in [-0.2, -0.15) is 0 Å². The molecule has 90 valence electrons. The van der Waals surface area contributed by atoms with E-state index in [0.29, 0.717) is 11.1 Å². The summed E-state index contributed by atoms with van der Waals surface area (Å²) in [4.78, 5) is 23.9. The number of carbonyl (C=O) groups is 2. The Morgan fingerprint density at radius 2 is 1.89 bits per heavy atom. The van der Waals surface area contributed by atoms with Crippen molar-refractivity contribution in [3.8, 4) is 0 Å². The molecular weight excluding hydrogens is 224 g/mol. The fourth-order valence-electron chi connectivity index (χ4n) is 3.11. The summed E-state index contributed by atoms with van der Waals surface area (Å²) in [5.74, 6) is -0.560. The molecule has 0 aromatic heterocycles. The second-order valence-corrected chi connectivity index (χ2v) is 4.91. The molecule has 2 heteroatoms. The van der Waals surface area contributed by atoms with Crippen molar-refractivity contribution >= 4 is 11.6 Å². The van der Waals surface area contributed by atoms with Crippen LogP contribution in [0.2, 0.25) is 0 Å². The average Bonchev–Trinajstić information content (AvgIpc) is 2.61. The van der Waals surface area contributed by atoms with E-state index >= 15 is 0 Å². The smallest absolute Gasteiger partial charge is 0.229 e. The fraction of sp³-hybridized carbons (Fsp3) is 0.250. The lowest BCUT2D eigenvalue weighted by Gasteiger charge is -2.30. The van der Waals surface area contributed by atoms with Crippen LogP contribution in [-0.4, -0.2) is 11.6 Å². The van der Waals surface area contributed by atoms with Gasteiger partial charge in [0, 0.05) is 23.0 Å². The van der Waals surface area contributed by atoms with Crippen molar-refractivity contribution in [2.45, 2.75) is 13.8 Å². The molecule has 0 bridgehead atoms. The molecule has 3 aliphatic carbocycles.